The van der Waals surface area contributed by atoms with Gasteiger partial charge in [0.05, 0.1) is 13.0 Å². The summed E-state index contributed by atoms with van der Waals surface area (Å²) in [6.07, 6.45) is 8.53. The van der Waals surface area contributed by atoms with Gasteiger partial charge >= 0.3 is 5.76 Å². The quantitative estimate of drug-likeness (QED) is 0.287. The SMILES string of the molecule is CCCCc1nc(C)c(CC(=O)N2CCC3CCCCC32)c(=O)n1Cc1ccc(-c2ccccc2-c2noc(=O)[nH]2)cc1. The number of carbonyl (C=O) groups excluding carboxylic acids is 1. The molecule has 1 aliphatic carbocycles. The number of amides is 1. The van der Waals surface area contributed by atoms with Gasteiger partial charge in [-0.3, -0.25) is 23.7 Å². The van der Waals surface area contributed by atoms with Crippen LogP contribution in [0.1, 0.15) is 74.5 Å². The Hall–Kier alpha value is -4.27. The van der Waals surface area contributed by atoms with Crippen molar-refractivity contribution in [3.05, 3.63) is 92.1 Å². The molecule has 3 heterocycles. The second-order valence-corrected chi connectivity index (χ2v) is 11.9. The van der Waals surface area contributed by atoms with Gasteiger partial charge in [-0.25, -0.2) is 9.78 Å². The van der Waals surface area contributed by atoms with Crippen molar-refractivity contribution in [2.75, 3.05) is 6.54 Å². The Morgan fingerprint density at radius 3 is 2.53 bits per heavy atom. The molecule has 1 N–H and O–H groups in total. The lowest BCUT2D eigenvalue weighted by molar-refractivity contribution is -0.132. The minimum atomic E-state index is -0.601. The van der Waals surface area contributed by atoms with E-state index in [1.54, 1.807) is 4.57 Å². The summed E-state index contributed by atoms with van der Waals surface area (Å²) in [4.78, 5) is 48.6. The van der Waals surface area contributed by atoms with Gasteiger partial charge in [-0.2, -0.15) is 0 Å². The van der Waals surface area contributed by atoms with Crippen molar-refractivity contribution in [1.82, 2.24) is 24.6 Å². The Morgan fingerprint density at radius 1 is 1.02 bits per heavy atom. The summed E-state index contributed by atoms with van der Waals surface area (Å²) in [5.41, 5.74) is 4.63. The molecule has 224 valence electrons. The highest BCUT2D eigenvalue weighted by molar-refractivity contribution is 5.80. The number of aromatic nitrogens is 4. The van der Waals surface area contributed by atoms with E-state index in [1.165, 1.54) is 19.3 Å². The lowest BCUT2D eigenvalue weighted by Gasteiger charge is -2.31. The van der Waals surface area contributed by atoms with Crippen molar-refractivity contribution < 1.29 is 9.32 Å². The topological polar surface area (TPSA) is 114 Å². The van der Waals surface area contributed by atoms with Crippen LogP contribution in [0.25, 0.3) is 22.5 Å². The Balaban J connectivity index is 1.27. The molecule has 0 bridgehead atoms. The van der Waals surface area contributed by atoms with Gasteiger partial charge in [-0.1, -0.05) is 79.9 Å². The number of carbonyl (C=O) groups is 1. The molecule has 1 saturated carbocycles. The third kappa shape index (κ3) is 5.98. The van der Waals surface area contributed by atoms with Crippen molar-refractivity contribution in [3.63, 3.8) is 0 Å². The van der Waals surface area contributed by atoms with Crippen molar-refractivity contribution in [2.24, 2.45) is 5.92 Å². The smallest absolute Gasteiger partial charge is 0.339 e. The molecular weight excluding hydrogens is 542 g/mol. The zero-order valence-electron chi connectivity index (χ0n) is 25.0. The van der Waals surface area contributed by atoms with Gasteiger partial charge in [-0.15, -0.1) is 0 Å². The van der Waals surface area contributed by atoms with Gasteiger partial charge in [0.1, 0.15) is 5.82 Å². The molecular formula is C34H39N5O4. The van der Waals surface area contributed by atoms with E-state index in [2.05, 4.69) is 17.1 Å². The minimum Gasteiger partial charge on any atom is -0.339 e. The monoisotopic (exact) mass is 581 g/mol. The number of unbranched alkanes of at least 4 members (excludes halogenated alkanes) is 1. The summed E-state index contributed by atoms with van der Waals surface area (Å²) in [5, 5.41) is 3.86. The van der Waals surface area contributed by atoms with E-state index in [0.29, 0.717) is 42.0 Å². The summed E-state index contributed by atoms with van der Waals surface area (Å²) in [6, 6.07) is 16.0. The van der Waals surface area contributed by atoms with Gasteiger partial charge in [-0.05, 0) is 55.2 Å². The number of fused-ring (bicyclic) bond motifs is 1. The van der Waals surface area contributed by atoms with E-state index in [4.69, 9.17) is 9.51 Å². The molecule has 1 amide bonds. The van der Waals surface area contributed by atoms with Crippen LogP contribution in [0.15, 0.2) is 62.6 Å². The largest absolute Gasteiger partial charge is 0.439 e. The van der Waals surface area contributed by atoms with Crippen LogP contribution in [0.3, 0.4) is 0 Å². The number of hydrogen-bond acceptors (Lipinski definition) is 6. The van der Waals surface area contributed by atoms with Gasteiger partial charge in [0.2, 0.25) is 5.91 Å². The normalized spacial score (nSPS) is 18.1. The number of likely N-dealkylation sites (tertiary alicyclic amines) is 1. The van der Waals surface area contributed by atoms with Gasteiger partial charge in [0.15, 0.2) is 5.82 Å². The predicted octanol–water partition coefficient (Wildman–Crippen LogP) is 5.29. The number of rotatable bonds is 9. The fourth-order valence-corrected chi connectivity index (χ4v) is 6.88. The maximum Gasteiger partial charge on any atom is 0.439 e. The summed E-state index contributed by atoms with van der Waals surface area (Å²) in [7, 11) is 0. The number of nitrogens with one attached hydrogen (secondary N) is 1. The zero-order chi connectivity index (χ0) is 29.9. The van der Waals surface area contributed by atoms with Crippen LogP contribution in [-0.4, -0.2) is 43.1 Å². The van der Waals surface area contributed by atoms with E-state index >= 15 is 0 Å². The van der Waals surface area contributed by atoms with Crippen molar-refractivity contribution >= 4 is 5.91 Å². The summed E-state index contributed by atoms with van der Waals surface area (Å²) in [5.74, 6) is 1.20. The molecule has 2 aromatic carbocycles. The first-order valence-corrected chi connectivity index (χ1v) is 15.6. The van der Waals surface area contributed by atoms with E-state index in [0.717, 1.165) is 60.3 Å². The maximum atomic E-state index is 14.0. The van der Waals surface area contributed by atoms with Crippen molar-refractivity contribution in [2.45, 2.75) is 84.2 Å². The molecule has 9 nitrogen and oxygen atoms in total. The second-order valence-electron chi connectivity index (χ2n) is 11.9. The number of hydrogen-bond donors (Lipinski definition) is 1. The standard InChI is InChI=1S/C34H39N5O4/c1-3-4-13-30-35-22(2)28(20-31(40)38-19-18-25-9-5-8-12-29(25)38)33(41)39(30)21-23-14-16-24(17-15-23)26-10-6-7-11-27(26)32-36-34(42)43-37-32/h6-7,10-11,14-17,25,29H,3-5,8-9,12-13,18-21H2,1-2H3,(H,36,37,42). The number of H-pyrrole nitrogens is 1. The molecule has 0 radical (unpaired) electrons. The van der Waals surface area contributed by atoms with Crippen LogP contribution in [-0.2, 0) is 24.2 Å². The van der Waals surface area contributed by atoms with E-state index in [9.17, 15) is 14.4 Å². The van der Waals surface area contributed by atoms with Gasteiger partial charge in [0, 0.05) is 35.8 Å². The van der Waals surface area contributed by atoms with Crippen LogP contribution in [0, 0.1) is 12.8 Å². The van der Waals surface area contributed by atoms with Crippen LogP contribution in [0.2, 0.25) is 0 Å². The van der Waals surface area contributed by atoms with Crippen LogP contribution >= 0.6 is 0 Å². The summed E-state index contributed by atoms with van der Waals surface area (Å²) in [6.45, 7) is 5.17. The fourth-order valence-electron chi connectivity index (χ4n) is 6.88. The number of nitrogens with zero attached hydrogens (tertiary/aromatic N) is 4. The minimum absolute atomic E-state index is 0.0562. The highest BCUT2D eigenvalue weighted by Crippen LogP contribution is 2.36. The van der Waals surface area contributed by atoms with Gasteiger partial charge in [0.25, 0.3) is 5.56 Å². The maximum absolute atomic E-state index is 14.0. The first-order chi connectivity index (χ1) is 20.9. The highest BCUT2D eigenvalue weighted by Gasteiger charge is 2.38. The molecule has 4 aromatic rings. The van der Waals surface area contributed by atoms with Crippen molar-refractivity contribution in [1.29, 1.82) is 0 Å². The Labute approximate surface area is 251 Å². The number of benzene rings is 2. The highest BCUT2D eigenvalue weighted by atomic mass is 16.5. The third-order valence-corrected chi connectivity index (χ3v) is 9.19. The number of aryl methyl sites for hydroxylation is 2. The average molecular weight is 582 g/mol. The molecule has 2 aliphatic rings. The molecule has 2 aromatic heterocycles. The molecule has 1 aliphatic heterocycles. The van der Waals surface area contributed by atoms with Crippen LogP contribution in [0.4, 0.5) is 0 Å². The predicted molar refractivity (Wildman–Crippen MR) is 165 cm³/mol. The third-order valence-electron chi connectivity index (χ3n) is 9.19. The number of aromatic amines is 1. The van der Waals surface area contributed by atoms with Crippen LogP contribution < -0.4 is 11.3 Å². The molecule has 9 heteroatoms. The molecule has 43 heavy (non-hydrogen) atoms. The average Bonchev–Trinajstić information content (AvgIpc) is 3.66. The summed E-state index contributed by atoms with van der Waals surface area (Å²) < 4.78 is 6.48. The molecule has 6 rings (SSSR count). The Kier molecular flexibility index (Phi) is 8.40. The Morgan fingerprint density at radius 2 is 1.79 bits per heavy atom. The van der Waals surface area contributed by atoms with E-state index in [1.807, 2.05) is 60.4 Å². The second kappa shape index (κ2) is 12.5. The van der Waals surface area contributed by atoms with Crippen molar-refractivity contribution in [3.8, 4) is 22.5 Å². The first-order valence-electron chi connectivity index (χ1n) is 15.6. The molecule has 2 fully saturated rings. The molecule has 0 spiro atoms. The zero-order valence-corrected chi connectivity index (χ0v) is 25.0. The summed E-state index contributed by atoms with van der Waals surface area (Å²) >= 11 is 0. The van der Waals surface area contributed by atoms with E-state index in [-0.39, 0.29) is 17.9 Å². The van der Waals surface area contributed by atoms with Crippen LogP contribution in [0.5, 0.6) is 0 Å². The molecule has 2 unspecified atom stereocenters. The van der Waals surface area contributed by atoms with E-state index < -0.39 is 5.76 Å². The lowest BCUT2D eigenvalue weighted by atomic mass is 9.85. The first kappa shape index (κ1) is 28.8. The lowest BCUT2D eigenvalue weighted by Crippen LogP contribution is -2.41. The fraction of sp³-hybridized carbons (Fsp3) is 0.441. The Bertz CT molecular complexity index is 1720. The molecule has 1 saturated heterocycles. The van der Waals surface area contributed by atoms with Gasteiger partial charge < -0.3 is 4.90 Å². The molecule has 2 atom stereocenters.